The molecule has 4 aliphatic heterocycles. The van der Waals surface area contributed by atoms with Crippen LogP contribution in [0, 0.1) is 17.7 Å². The van der Waals surface area contributed by atoms with Crippen LogP contribution in [-0.2, 0) is 19.9 Å². The highest BCUT2D eigenvalue weighted by atomic mass is 35.5. The van der Waals surface area contributed by atoms with Crippen LogP contribution in [0.25, 0.3) is 0 Å². The summed E-state index contributed by atoms with van der Waals surface area (Å²) < 4.78 is 19.7. The number of carbonyl (C=O) groups excluding carboxylic acids is 3. The van der Waals surface area contributed by atoms with Crippen LogP contribution in [0.2, 0.25) is 5.02 Å². The Balaban J connectivity index is 1.57. The van der Waals surface area contributed by atoms with Gasteiger partial charge in [0.15, 0.2) is 0 Å². The summed E-state index contributed by atoms with van der Waals surface area (Å²) in [6.07, 6.45) is 1.47. The van der Waals surface area contributed by atoms with Crippen LogP contribution in [0.5, 0.6) is 5.75 Å². The molecule has 1 N–H and O–H groups in total. The molecule has 164 valence electrons. The SMILES string of the molecule is COc1ccc(Cl)cc1N1C(=O)[C@@H]2[C@H]3CCCN3[C@@]3(C(=O)Nc4ccc(F)cc43)[C@@H]2C1=O. The fourth-order valence-electron chi connectivity index (χ4n) is 6.25. The second kappa shape index (κ2) is 6.52. The van der Waals surface area contributed by atoms with E-state index in [2.05, 4.69) is 5.32 Å². The summed E-state index contributed by atoms with van der Waals surface area (Å²) in [6, 6.07) is 8.53. The number of anilines is 2. The van der Waals surface area contributed by atoms with Crippen molar-refractivity contribution in [3.8, 4) is 5.75 Å². The molecule has 4 atom stereocenters. The summed E-state index contributed by atoms with van der Waals surface area (Å²) in [7, 11) is 1.45. The third-order valence-electron chi connectivity index (χ3n) is 7.34. The summed E-state index contributed by atoms with van der Waals surface area (Å²) in [5.74, 6) is -3.12. The Morgan fingerprint density at radius 2 is 1.97 bits per heavy atom. The molecule has 0 radical (unpaired) electrons. The van der Waals surface area contributed by atoms with E-state index in [0.717, 1.165) is 11.3 Å². The molecule has 1 spiro atoms. The zero-order chi connectivity index (χ0) is 22.4. The number of amides is 3. The number of nitrogens with zero attached hydrogens (tertiary/aromatic N) is 2. The normalized spacial score (nSPS) is 30.7. The van der Waals surface area contributed by atoms with E-state index in [-0.39, 0.29) is 17.6 Å². The number of fused-ring (bicyclic) bond motifs is 7. The predicted molar refractivity (Wildman–Crippen MR) is 114 cm³/mol. The Morgan fingerprint density at radius 3 is 2.75 bits per heavy atom. The Hall–Kier alpha value is -2.97. The maximum Gasteiger partial charge on any atom is 0.250 e. The first-order chi connectivity index (χ1) is 15.4. The predicted octanol–water partition coefficient (Wildman–Crippen LogP) is 2.92. The number of methoxy groups -OCH3 is 1. The zero-order valence-electron chi connectivity index (χ0n) is 17.1. The van der Waals surface area contributed by atoms with Crippen molar-refractivity contribution in [2.45, 2.75) is 24.4 Å². The van der Waals surface area contributed by atoms with Crippen molar-refractivity contribution in [1.29, 1.82) is 0 Å². The smallest absolute Gasteiger partial charge is 0.250 e. The van der Waals surface area contributed by atoms with Crippen molar-refractivity contribution in [2.75, 3.05) is 23.9 Å². The van der Waals surface area contributed by atoms with Gasteiger partial charge in [0.05, 0.1) is 24.6 Å². The first-order valence-corrected chi connectivity index (χ1v) is 10.9. The molecule has 2 aromatic rings. The van der Waals surface area contributed by atoms with Crippen LogP contribution >= 0.6 is 11.6 Å². The molecule has 7 nitrogen and oxygen atoms in total. The highest BCUT2D eigenvalue weighted by Gasteiger charge is 2.74. The molecular weight excluding hydrogens is 437 g/mol. The highest BCUT2D eigenvalue weighted by molar-refractivity contribution is 6.32. The lowest BCUT2D eigenvalue weighted by Crippen LogP contribution is -2.54. The average molecular weight is 456 g/mol. The first kappa shape index (κ1) is 19.7. The van der Waals surface area contributed by atoms with Crippen LogP contribution < -0.4 is 15.0 Å². The number of nitrogens with one attached hydrogen (secondary N) is 1. The van der Waals surface area contributed by atoms with Gasteiger partial charge in [0.25, 0.3) is 0 Å². The number of benzene rings is 2. The maximum absolute atomic E-state index is 14.3. The molecule has 32 heavy (non-hydrogen) atoms. The minimum atomic E-state index is -1.42. The second-order valence-corrected chi connectivity index (χ2v) is 9.08. The van der Waals surface area contributed by atoms with Gasteiger partial charge in [0, 0.05) is 22.3 Å². The molecular formula is C23H19ClFN3O4. The highest BCUT2D eigenvalue weighted by Crippen LogP contribution is 2.61. The topological polar surface area (TPSA) is 79.0 Å². The van der Waals surface area contributed by atoms with Gasteiger partial charge in [0.1, 0.15) is 17.1 Å². The second-order valence-electron chi connectivity index (χ2n) is 8.64. The number of rotatable bonds is 2. The van der Waals surface area contributed by atoms with Gasteiger partial charge in [-0.2, -0.15) is 0 Å². The molecule has 4 heterocycles. The number of halogens is 2. The Kier molecular flexibility index (Phi) is 4.02. The Morgan fingerprint density at radius 1 is 1.16 bits per heavy atom. The first-order valence-electron chi connectivity index (χ1n) is 10.5. The fourth-order valence-corrected chi connectivity index (χ4v) is 6.42. The molecule has 0 aromatic heterocycles. The van der Waals surface area contributed by atoms with Crippen molar-refractivity contribution in [3.63, 3.8) is 0 Å². The molecule has 3 amide bonds. The van der Waals surface area contributed by atoms with Gasteiger partial charge in [0.2, 0.25) is 17.7 Å². The lowest BCUT2D eigenvalue weighted by atomic mass is 9.75. The van der Waals surface area contributed by atoms with Gasteiger partial charge < -0.3 is 10.1 Å². The van der Waals surface area contributed by atoms with Crippen molar-refractivity contribution >= 4 is 40.7 Å². The van der Waals surface area contributed by atoms with E-state index in [1.807, 2.05) is 4.90 Å². The summed E-state index contributed by atoms with van der Waals surface area (Å²) in [5, 5.41) is 3.18. The number of imide groups is 1. The van der Waals surface area contributed by atoms with E-state index < -0.39 is 35.0 Å². The molecule has 0 aliphatic carbocycles. The van der Waals surface area contributed by atoms with Crippen LogP contribution in [0.1, 0.15) is 18.4 Å². The monoisotopic (exact) mass is 455 g/mol. The molecule has 3 fully saturated rings. The fraction of sp³-hybridized carbons (Fsp3) is 0.348. The Bertz CT molecular complexity index is 1220. The molecule has 6 rings (SSSR count). The van der Waals surface area contributed by atoms with E-state index in [1.54, 1.807) is 12.1 Å². The molecule has 0 bridgehead atoms. The van der Waals surface area contributed by atoms with E-state index in [4.69, 9.17) is 16.3 Å². The van der Waals surface area contributed by atoms with Gasteiger partial charge in [-0.15, -0.1) is 0 Å². The van der Waals surface area contributed by atoms with E-state index >= 15 is 0 Å². The van der Waals surface area contributed by atoms with Gasteiger partial charge >= 0.3 is 0 Å². The summed E-state index contributed by atoms with van der Waals surface area (Å²) in [5.41, 5.74) is -0.275. The number of carbonyl (C=O) groups is 3. The molecule has 2 aromatic carbocycles. The number of ether oxygens (including phenoxy) is 1. The minimum Gasteiger partial charge on any atom is -0.495 e. The van der Waals surface area contributed by atoms with Gasteiger partial charge in [-0.05, 0) is 55.8 Å². The summed E-state index contributed by atoms with van der Waals surface area (Å²) in [4.78, 5) is 44.2. The maximum atomic E-state index is 14.3. The summed E-state index contributed by atoms with van der Waals surface area (Å²) in [6.45, 7) is 0.558. The van der Waals surface area contributed by atoms with Gasteiger partial charge in [-0.3, -0.25) is 19.3 Å². The standard InChI is InChI=1S/C23H19ClFN3O4/c1-32-17-7-4-11(24)9-16(17)28-20(29)18-15-3-2-8-27(15)23(19(18)21(28)30)13-10-12(25)5-6-14(13)26-22(23)31/h4-7,9-10,15,18-19H,2-3,8H2,1H3,(H,26,31)/t15-,18-,19+,23-/m1/s1. The third kappa shape index (κ3) is 2.21. The van der Waals surface area contributed by atoms with Crippen molar-refractivity contribution in [2.24, 2.45) is 11.8 Å². The molecule has 3 saturated heterocycles. The van der Waals surface area contributed by atoms with Crippen LogP contribution in [0.3, 0.4) is 0 Å². The quantitative estimate of drug-likeness (QED) is 0.704. The lowest BCUT2D eigenvalue weighted by molar-refractivity contribution is -0.135. The Labute approximate surface area is 188 Å². The van der Waals surface area contributed by atoms with Crippen LogP contribution in [0.15, 0.2) is 36.4 Å². The van der Waals surface area contributed by atoms with Crippen LogP contribution in [0.4, 0.5) is 15.8 Å². The lowest BCUT2D eigenvalue weighted by Gasteiger charge is -2.36. The molecule has 0 unspecified atom stereocenters. The van der Waals surface area contributed by atoms with Gasteiger partial charge in [-0.25, -0.2) is 9.29 Å². The van der Waals surface area contributed by atoms with Crippen molar-refractivity contribution in [1.82, 2.24) is 4.90 Å². The van der Waals surface area contributed by atoms with Crippen LogP contribution in [-0.4, -0.2) is 42.3 Å². The zero-order valence-corrected chi connectivity index (χ0v) is 17.9. The van der Waals surface area contributed by atoms with E-state index in [9.17, 15) is 18.8 Å². The van der Waals surface area contributed by atoms with Crippen molar-refractivity contribution < 1.29 is 23.5 Å². The average Bonchev–Trinajstić information content (AvgIpc) is 3.46. The minimum absolute atomic E-state index is 0.252. The largest absolute Gasteiger partial charge is 0.495 e. The molecule has 9 heteroatoms. The molecule has 0 saturated carbocycles. The molecule has 4 aliphatic rings. The van der Waals surface area contributed by atoms with Crippen molar-refractivity contribution in [3.05, 3.63) is 52.8 Å². The summed E-state index contributed by atoms with van der Waals surface area (Å²) >= 11 is 6.17. The number of hydrogen-bond donors (Lipinski definition) is 1. The third-order valence-corrected chi connectivity index (χ3v) is 7.57. The van der Waals surface area contributed by atoms with E-state index in [0.29, 0.717) is 35.0 Å². The number of hydrogen-bond acceptors (Lipinski definition) is 5. The van der Waals surface area contributed by atoms with E-state index in [1.165, 1.54) is 31.4 Å². The van der Waals surface area contributed by atoms with Gasteiger partial charge in [-0.1, -0.05) is 11.6 Å².